The molecule has 8 aromatic rings. The van der Waals surface area contributed by atoms with Gasteiger partial charge in [0.2, 0.25) is 0 Å². The molecule has 3 aliphatic carbocycles. The molecule has 3 heteroatoms. The summed E-state index contributed by atoms with van der Waals surface area (Å²) in [6, 6.07) is 56.0. The van der Waals surface area contributed by atoms with Gasteiger partial charge in [-0.05, 0) is 95.5 Å². The highest BCUT2D eigenvalue weighted by Crippen LogP contribution is 2.43. The standard InChI is InChI=1S/C60H47NO2/c62-58-52(44-16-6-2-7-17-44)22-11-23-53(58)48-21-10-20-47(40-48)43-30-36-50(37-31-43)61(49-34-28-42(29-35-49)41-14-4-1-5-15-41)51-38-32-46(33-39-51)55-25-13-27-57-56-26-12-24-54(59(56)63-60(55)57)45-18-8-3-9-19-45/h1-2,4-8,10-16,18-32,34-40,44,46,62H,3,9,17,33H2. The first-order valence-electron chi connectivity index (χ1n) is 22.2. The first-order chi connectivity index (χ1) is 31.2. The fraction of sp³-hybridized carbons (Fsp3) is 0.100. The van der Waals surface area contributed by atoms with Crippen molar-refractivity contribution in [3.05, 3.63) is 241 Å². The van der Waals surface area contributed by atoms with Gasteiger partial charge in [0.1, 0.15) is 16.9 Å². The van der Waals surface area contributed by atoms with Crippen LogP contribution in [0.4, 0.5) is 11.4 Å². The van der Waals surface area contributed by atoms with E-state index in [9.17, 15) is 5.11 Å². The van der Waals surface area contributed by atoms with Gasteiger partial charge in [0, 0.05) is 61.9 Å². The van der Waals surface area contributed by atoms with E-state index >= 15 is 0 Å². The van der Waals surface area contributed by atoms with Crippen LogP contribution in [-0.2, 0) is 0 Å². The van der Waals surface area contributed by atoms with E-state index in [1.165, 1.54) is 27.6 Å². The summed E-state index contributed by atoms with van der Waals surface area (Å²) in [4.78, 5) is 2.36. The Balaban J connectivity index is 0.915. The summed E-state index contributed by atoms with van der Waals surface area (Å²) < 4.78 is 6.84. The maximum absolute atomic E-state index is 11.5. The number of benzene rings is 7. The van der Waals surface area contributed by atoms with Crippen LogP contribution in [0.15, 0.2) is 229 Å². The van der Waals surface area contributed by atoms with Crippen molar-refractivity contribution >= 4 is 38.9 Å². The lowest BCUT2D eigenvalue weighted by atomic mass is 9.89. The highest BCUT2D eigenvalue weighted by molar-refractivity contribution is 6.09. The van der Waals surface area contributed by atoms with Gasteiger partial charge in [0.15, 0.2) is 0 Å². The van der Waals surface area contributed by atoms with Crippen molar-refractivity contribution in [3.63, 3.8) is 0 Å². The van der Waals surface area contributed by atoms with Crippen LogP contribution in [0.3, 0.4) is 0 Å². The molecule has 0 fully saturated rings. The molecule has 1 N–H and O–H groups in total. The molecular weight excluding hydrogens is 767 g/mol. The van der Waals surface area contributed by atoms with Crippen molar-refractivity contribution in [2.75, 3.05) is 4.90 Å². The van der Waals surface area contributed by atoms with Crippen molar-refractivity contribution in [1.29, 1.82) is 0 Å². The minimum absolute atomic E-state index is 0.170. The largest absolute Gasteiger partial charge is 0.507 e. The van der Waals surface area contributed by atoms with Crippen LogP contribution in [0, 0.1) is 0 Å². The van der Waals surface area contributed by atoms with E-state index in [0.717, 1.165) is 92.7 Å². The number of allylic oxidation sites excluding steroid dienone is 11. The van der Waals surface area contributed by atoms with Gasteiger partial charge in [-0.1, -0.05) is 182 Å². The Morgan fingerprint density at radius 1 is 0.476 bits per heavy atom. The molecule has 0 aliphatic heterocycles. The third-order valence-electron chi connectivity index (χ3n) is 12.9. The van der Waals surface area contributed by atoms with Gasteiger partial charge in [-0.25, -0.2) is 0 Å². The Bertz CT molecular complexity index is 3170. The third-order valence-corrected chi connectivity index (χ3v) is 12.9. The Hall–Kier alpha value is -7.62. The van der Waals surface area contributed by atoms with Crippen LogP contribution in [0.2, 0.25) is 0 Å². The molecule has 0 bridgehead atoms. The zero-order chi connectivity index (χ0) is 42.1. The predicted molar refractivity (Wildman–Crippen MR) is 263 cm³/mol. The Morgan fingerprint density at radius 3 is 1.86 bits per heavy atom. The molecule has 0 spiro atoms. The molecule has 3 nitrogen and oxygen atoms in total. The summed E-state index contributed by atoms with van der Waals surface area (Å²) in [6.45, 7) is 0. The number of anilines is 2. The molecule has 2 unspecified atom stereocenters. The van der Waals surface area contributed by atoms with E-state index in [2.05, 4.69) is 211 Å². The highest BCUT2D eigenvalue weighted by atomic mass is 16.3. The van der Waals surface area contributed by atoms with Gasteiger partial charge in [-0.15, -0.1) is 0 Å². The van der Waals surface area contributed by atoms with Crippen LogP contribution >= 0.6 is 0 Å². The molecule has 63 heavy (non-hydrogen) atoms. The van der Waals surface area contributed by atoms with Gasteiger partial charge < -0.3 is 14.4 Å². The lowest BCUT2D eigenvalue weighted by Gasteiger charge is -2.29. The quantitative estimate of drug-likeness (QED) is 0.158. The van der Waals surface area contributed by atoms with E-state index in [1.54, 1.807) is 0 Å². The molecule has 0 saturated heterocycles. The van der Waals surface area contributed by atoms with Gasteiger partial charge >= 0.3 is 0 Å². The average Bonchev–Trinajstić information content (AvgIpc) is 3.75. The van der Waals surface area contributed by atoms with Crippen molar-refractivity contribution < 1.29 is 9.52 Å². The predicted octanol–water partition coefficient (Wildman–Crippen LogP) is 16.4. The van der Waals surface area contributed by atoms with Crippen molar-refractivity contribution in [2.45, 2.75) is 37.5 Å². The normalized spacial score (nSPS) is 17.0. The second-order valence-corrected chi connectivity index (χ2v) is 16.8. The van der Waals surface area contributed by atoms with E-state index in [4.69, 9.17) is 4.42 Å². The maximum atomic E-state index is 11.5. The van der Waals surface area contributed by atoms with Crippen LogP contribution in [0.25, 0.3) is 60.9 Å². The van der Waals surface area contributed by atoms with Crippen molar-refractivity contribution in [1.82, 2.24) is 0 Å². The number of aromatic hydroxyl groups is 1. The van der Waals surface area contributed by atoms with Crippen molar-refractivity contribution in [3.8, 4) is 39.1 Å². The maximum Gasteiger partial charge on any atom is 0.143 e. The summed E-state index contributed by atoms with van der Waals surface area (Å²) in [5, 5.41) is 13.8. The molecule has 0 saturated carbocycles. The summed E-state index contributed by atoms with van der Waals surface area (Å²) in [7, 11) is 0. The van der Waals surface area contributed by atoms with Gasteiger partial charge in [-0.3, -0.25) is 0 Å². The number of furan rings is 1. The minimum atomic E-state index is 0.170. The molecule has 1 aromatic heterocycles. The number of hydrogen-bond acceptors (Lipinski definition) is 3. The molecular formula is C60H47NO2. The summed E-state index contributed by atoms with van der Waals surface area (Å²) >= 11 is 0. The number of phenolic OH excluding ortho intramolecular Hbond substituents is 1. The molecule has 7 aromatic carbocycles. The SMILES string of the molecule is Oc1c(-c2cccc(-c3ccc(N(C4=CCC(c5cccc6c5oc5c(C7=CCCC=C7)cccc56)C=C4)c4ccc(-c5ccccc5)cc4)cc3)c2)cccc1C1C=CC=CC1. The molecule has 1 heterocycles. The fourth-order valence-corrected chi connectivity index (χ4v) is 9.63. The van der Waals surface area contributed by atoms with Crippen LogP contribution in [0.5, 0.6) is 5.75 Å². The molecule has 2 atom stereocenters. The molecule has 0 amide bonds. The molecule has 11 rings (SSSR count). The monoisotopic (exact) mass is 813 g/mol. The first kappa shape index (κ1) is 38.3. The number of nitrogens with zero attached hydrogens (tertiary/aromatic N) is 1. The van der Waals surface area contributed by atoms with Gasteiger partial charge in [0.25, 0.3) is 0 Å². The number of para-hydroxylation sites is 3. The van der Waals surface area contributed by atoms with E-state index in [-0.39, 0.29) is 11.8 Å². The van der Waals surface area contributed by atoms with E-state index in [1.807, 2.05) is 12.1 Å². The molecule has 0 radical (unpaired) electrons. The van der Waals surface area contributed by atoms with E-state index in [0.29, 0.717) is 5.75 Å². The zero-order valence-corrected chi connectivity index (χ0v) is 35.1. The van der Waals surface area contributed by atoms with Crippen LogP contribution < -0.4 is 4.90 Å². The minimum Gasteiger partial charge on any atom is -0.507 e. The van der Waals surface area contributed by atoms with Crippen LogP contribution in [0.1, 0.15) is 54.2 Å². The third kappa shape index (κ3) is 7.36. The van der Waals surface area contributed by atoms with Crippen LogP contribution in [-0.4, -0.2) is 5.11 Å². The average molecular weight is 814 g/mol. The van der Waals surface area contributed by atoms with Gasteiger partial charge in [-0.2, -0.15) is 0 Å². The second-order valence-electron chi connectivity index (χ2n) is 16.8. The number of hydrogen-bond donors (Lipinski definition) is 1. The van der Waals surface area contributed by atoms with Gasteiger partial charge in [0.05, 0.1) is 0 Å². The van der Waals surface area contributed by atoms with Crippen molar-refractivity contribution in [2.24, 2.45) is 0 Å². The Labute approximate surface area is 369 Å². The molecule has 304 valence electrons. The fourth-order valence-electron chi connectivity index (χ4n) is 9.63. The summed E-state index contributed by atoms with van der Waals surface area (Å²) in [5.41, 5.74) is 16.3. The molecule has 3 aliphatic rings. The Kier molecular flexibility index (Phi) is 10.1. The number of rotatable bonds is 9. The first-order valence-corrected chi connectivity index (χ1v) is 22.2. The summed E-state index contributed by atoms with van der Waals surface area (Å²) in [6.07, 6.45) is 26.1. The zero-order valence-electron chi connectivity index (χ0n) is 35.1. The number of phenols is 1. The highest BCUT2D eigenvalue weighted by Gasteiger charge is 2.23. The Morgan fingerprint density at radius 2 is 1.13 bits per heavy atom. The topological polar surface area (TPSA) is 36.6 Å². The number of fused-ring (bicyclic) bond motifs is 3. The smallest absolute Gasteiger partial charge is 0.143 e. The van der Waals surface area contributed by atoms with E-state index < -0.39 is 0 Å². The second kappa shape index (κ2) is 16.7. The lowest BCUT2D eigenvalue weighted by Crippen LogP contribution is -2.17. The lowest BCUT2D eigenvalue weighted by molar-refractivity contribution is 0.467. The summed E-state index contributed by atoms with van der Waals surface area (Å²) in [5.74, 6) is 0.696.